The van der Waals surface area contributed by atoms with E-state index in [1.54, 1.807) is 6.26 Å². The second kappa shape index (κ2) is 5.48. The lowest BCUT2D eigenvalue weighted by atomic mass is 9.89. The molecule has 3 atom stereocenters. The number of nitrogens with zero attached hydrogens (tertiary/aromatic N) is 1. The third-order valence-electron chi connectivity index (χ3n) is 4.18. The van der Waals surface area contributed by atoms with E-state index < -0.39 is 0 Å². The summed E-state index contributed by atoms with van der Waals surface area (Å²) in [7, 11) is 0. The van der Waals surface area contributed by atoms with Crippen molar-refractivity contribution in [3.05, 3.63) is 53.5 Å². The Balaban J connectivity index is 1.75. The molecule has 1 fully saturated rings. The Hall–Kier alpha value is -2.29. The molecule has 0 radical (unpaired) electrons. The average molecular weight is 296 g/mol. The molecule has 22 heavy (non-hydrogen) atoms. The van der Waals surface area contributed by atoms with E-state index in [1.165, 1.54) is 0 Å². The number of fused-ring (bicyclic) bond motifs is 3. The van der Waals surface area contributed by atoms with Crippen LogP contribution in [0.2, 0.25) is 0 Å². The Kier molecular flexibility index (Phi) is 3.34. The number of benzene rings is 1. The molecular formula is C17H16N2O3. The van der Waals surface area contributed by atoms with Crippen LogP contribution in [0.1, 0.15) is 29.0 Å². The van der Waals surface area contributed by atoms with Crippen LogP contribution in [-0.4, -0.2) is 19.3 Å². The number of anilines is 1. The van der Waals surface area contributed by atoms with E-state index in [0.717, 1.165) is 22.6 Å². The molecule has 1 saturated heterocycles. The normalized spacial score (nSPS) is 26.4. The molecule has 2 aliphatic rings. The second-order valence-electron chi connectivity index (χ2n) is 5.52. The summed E-state index contributed by atoms with van der Waals surface area (Å²) in [5.74, 6) is 0.840. The fourth-order valence-electron chi connectivity index (χ4n) is 3.21. The fraction of sp³-hybridized carbons (Fsp3) is 0.353. The summed E-state index contributed by atoms with van der Waals surface area (Å²) in [6.07, 6.45) is 1.79. The number of furan rings is 1. The van der Waals surface area contributed by atoms with Crippen LogP contribution in [0.25, 0.3) is 0 Å². The molecule has 1 aromatic heterocycles. The van der Waals surface area contributed by atoms with Crippen LogP contribution < -0.4 is 5.32 Å². The van der Waals surface area contributed by atoms with Crippen LogP contribution in [0.4, 0.5) is 5.69 Å². The van der Waals surface area contributed by atoms with E-state index in [4.69, 9.17) is 19.2 Å². The average Bonchev–Trinajstić information content (AvgIpc) is 3.09. The first-order valence-electron chi connectivity index (χ1n) is 7.40. The topological polar surface area (TPSA) is 67.4 Å². The van der Waals surface area contributed by atoms with Crippen molar-refractivity contribution in [1.29, 1.82) is 5.26 Å². The molecular weight excluding hydrogens is 280 g/mol. The van der Waals surface area contributed by atoms with E-state index >= 15 is 0 Å². The summed E-state index contributed by atoms with van der Waals surface area (Å²) < 4.78 is 17.5. The zero-order valence-electron chi connectivity index (χ0n) is 12.0. The predicted octanol–water partition coefficient (Wildman–Crippen LogP) is 2.97. The van der Waals surface area contributed by atoms with Crippen molar-refractivity contribution in [2.75, 3.05) is 18.5 Å². The van der Waals surface area contributed by atoms with Crippen molar-refractivity contribution in [3.63, 3.8) is 0 Å². The van der Waals surface area contributed by atoms with Gasteiger partial charge in [-0.2, -0.15) is 5.26 Å². The Morgan fingerprint density at radius 2 is 2.14 bits per heavy atom. The van der Waals surface area contributed by atoms with Crippen molar-refractivity contribution in [2.45, 2.75) is 24.7 Å². The first-order valence-corrected chi connectivity index (χ1v) is 7.40. The van der Waals surface area contributed by atoms with Crippen molar-refractivity contribution in [3.8, 4) is 6.07 Å². The van der Waals surface area contributed by atoms with E-state index in [9.17, 15) is 0 Å². The van der Waals surface area contributed by atoms with Gasteiger partial charge in [-0.1, -0.05) is 6.07 Å². The highest BCUT2D eigenvalue weighted by Gasteiger charge is 2.42. The van der Waals surface area contributed by atoms with Gasteiger partial charge in [-0.15, -0.1) is 0 Å². The minimum absolute atomic E-state index is 0.0744. The zero-order chi connectivity index (χ0) is 14.9. The molecule has 5 nitrogen and oxygen atoms in total. The van der Waals surface area contributed by atoms with Gasteiger partial charge >= 0.3 is 0 Å². The number of nitrogens with one attached hydrogen (secondary N) is 1. The standard InChI is InChI=1S/C17H16N2O3/c18-6-5-11-3-4-13-12(10-11)16-17(22-9-8-21-16)15(19-13)14-2-1-7-20-14/h1-4,7,10,15-17,19H,5,8-9H2. The van der Waals surface area contributed by atoms with E-state index in [2.05, 4.69) is 11.4 Å². The quantitative estimate of drug-likeness (QED) is 0.922. The van der Waals surface area contributed by atoms with Gasteiger partial charge in [0, 0.05) is 11.3 Å². The molecule has 0 bridgehead atoms. The molecule has 3 unspecified atom stereocenters. The number of hydrogen-bond donors (Lipinski definition) is 1. The highest BCUT2D eigenvalue weighted by Crippen LogP contribution is 2.44. The van der Waals surface area contributed by atoms with Crippen LogP contribution in [0.3, 0.4) is 0 Å². The van der Waals surface area contributed by atoms with Crippen molar-refractivity contribution in [2.24, 2.45) is 0 Å². The number of nitriles is 1. The van der Waals surface area contributed by atoms with Crippen LogP contribution in [-0.2, 0) is 15.9 Å². The Morgan fingerprint density at radius 1 is 1.23 bits per heavy atom. The summed E-state index contributed by atoms with van der Waals surface area (Å²) in [5, 5.41) is 12.4. The summed E-state index contributed by atoms with van der Waals surface area (Å²) in [5.41, 5.74) is 3.06. The fourth-order valence-corrected chi connectivity index (χ4v) is 3.21. The second-order valence-corrected chi connectivity index (χ2v) is 5.52. The van der Waals surface area contributed by atoms with Gasteiger partial charge in [0.1, 0.15) is 24.0 Å². The van der Waals surface area contributed by atoms with Gasteiger partial charge in [-0.3, -0.25) is 0 Å². The zero-order valence-corrected chi connectivity index (χ0v) is 12.0. The third kappa shape index (κ3) is 2.17. The van der Waals surface area contributed by atoms with Crippen LogP contribution in [0.5, 0.6) is 0 Å². The summed E-state index contributed by atoms with van der Waals surface area (Å²) in [6, 6.07) is 11.9. The van der Waals surface area contributed by atoms with Gasteiger partial charge in [0.15, 0.2) is 0 Å². The number of rotatable bonds is 2. The Labute approximate surface area is 128 Å². The third-order valence-corrected chi connectivity index (χ3v) is 4.18. The summed E-state index contributed by atoms with van der Waals surface area (Å²) in [4.78, 5) is 0. The minimum Gasteiger partial charge on any atom is -0.467 e. The van der Waals surface area contributed by atoms with Gasteiger partial charge in [-0.25, -0.2) is 0 Å². The van der Waals surface area contributed by atoms with Crippen LogP contribution in [0.15, 0.2) is 41.0 Å². The van der Waals surface area contributed by atoms with E-state index in [0.29, 0.717) is 19.6 Å². The Bertz CT molecular complexity index is 705. The van der Waals surface area contributed by atoms with E-state index in [-0.39, 0.29) is 18.2 Å². The SMILES string of the molecule is N#CCc1ccc2c(c1)C1OCCOC1C(c1ccco1)N2. The molecule has 2 aromatic rings. The first kappa shape index (κ1) is 13.4. The smallest absolute Gasteiger partial charge is 0.128 e. The highest BCUT2D eigenvalue weighted by molar-refractivity contribution is 5.58. The molecule has 112 valence electrons. The first-order chi connectivity index (χ1) is 10.9. The molecule has 1 aromatic carbocycles. The molecule has 2 aliphatic heterocycles. The van der Waals surface area contributed by atoms with Gasteiger partial charge in [-0.05, 0) is 29.8 Å². The monoisotopic (exact) mass is 296 g/mol. The lowest BCUT2D eigenvalue weighted by molar-refractivity contribution is -0.152. The van der Waals surface area contributed by atoms with Gasteiger partial charge in [0.25, 0.3) is 0 Å². The van der Waals surface area contributed by atoms with Gasteiger partial charge in [0.2, 0.25) is 0 Å². The van der Waals surface area contributed by atoms with Crippen LogP contribution >= 0.6 is 0 Å². The van der Waals surface area contributed by atoms with E-state index in [1.807, 2.05) is 30.3 Å². The summed E-state index contributed by atoms with van der Waals surface area (Å²) in [6.45, 7) is 1.15. The van der Waals surface area contributed by atoms with Gasteiger partial charge < -0.3 is 19.2 Å². The van der Waals surface area contributed by atoms with Crippen molar-refractivity contribution < 1.29 is 13.9 Å². The maximum Gasteiger partial charge on any atom is 0.128 e. The molecule has 4 rings (SSSR count). The summed E-state index contributed by atoms with van der Waals surface area (Å²) >= 11 is 0. The van der Waals surface area contributed by atoms with Crippen molar-refractivity contribution in [1.82, 2.24) is 0 Å². The minimum atomic E-state index is -0.140. The largest absolute Gasteiger partial charge is 0.467 e. The molecule has 3 heterocycles. The number of ether oxygens (including phenoxy) is 2. The molecule has 0 amide bonds. The van der Waals surface area contributed by atoms with Crippen molar-refractivity contribution >= 4 is 5.69 Å². The molecule has 0 aliphatic carbocycles. The number of hydrogen-bond acceptors (Lipinski definition) is 5. The molecule has 1 N–H and O–H groups in total. The Morgan fingerprint density at radius 3 is 2.95 bits per heavy atom. The van der Waals surface area contributed by atoms with Gasteiger partial charge in [0.05, 0.1) is 32.0 Å². The highest BCUT2D eigenvalue weighted by atomic mass is 16.6. The molecule has 0 spiro atoms. The molecule has 0 saturated carbocycles. The lowest BCUT2D eigenvalue weighted by Gasteiger charge is -2.42. The predicted molar refractivity (Wildman–Crippen MR) is 79.3 cm³/mol. The maximum atomic E-state index is 8.89. The lowest BCUT2D eigenvalue weighted by Crippen LogP contribution is -2.43. The molecule has 5 heteroatoms. The maximum absolute atomic E-state index is 8.89. The van der Waals surface area contributed by atoms with Crippen LogP contribution in [0, 0.1) is 11.3 Å².